The quantitative estimate of drug-likeness (QED) is 0.361. The second-order valence-electron chi connectivity index (χ2n) is 2.24. The molecule has 0 radical (unpaired) electrons. The predicted molar refractivity (Wildman–Crippen MR) is 42.7 cm³/mol. The fourth-order valence-corrected chi connectivity index (χ4v) is 0.536. The molecule has 0 aromatic carbocycles. The van der Waals surface area contributed by atoms with E-state index in [2.05, 4.69) is 10.6 Å². The molecule has 0 aromatic heterocycles. The van der Waals surface area contributed by atoms with Gasteiger partial charge in [0.1, 0.15) is 6.54 Å². The maximum absolute atomic E-state index is 10.7. The normalized spacial score (nSPS) is 9.23. The minimum atomic E-state index is -1.12. The average molecular weight is 189 g/mol. The van der Waals surface area contributed by atoms with Crippen LogP contribution in [0.1, 0.15) is 0 Å². The molecule has 7 heteroatoms. The number of hydrogen-bond acceptors (Lipinski definition) is 4. The van der Waals surface area contributed by atoms with Gasteiger partial charge in [-0.1, -0.05) is 0 Å². The van der Waals surface area contributed by atoms with E-state index in [1.807, 2.05) is 0 Å². The molecule has 0 heterocycles. The largest absolute Gasteiger partial charge is 0.480 e. The lowest BCUT2D eigenvalue weighted by atomic mass is 10.5. The summed E-state index contributed by atoms with van der Waals surface area (Å²) < 4.78 is 0. The molecule has 2 amide bonds. The van der Waals surface area contributed by atoms with Crippen molar-refractivity contribution in [3.8, 4) is 0 Å². The predicted octanol–water partition coefficient (Wildman–Crippen LogP) is -2.74. The molecule has 0 aliphatic carbocycles. The van der Waals surface area contributed by atoms with Crippen LogP contribution in [0.2, 0.25) is 0 Å². The van der Waals surface area contributed by atoms with Gasteiger partial charge in [-0.25, -0.2) is 0 Å². The molecule has 74 valence electrons. The zero-order valence-electron chi connectivity index (χ0n) is 6.87. The van der Waals surface area contributed by atoms with Crippen molar-refractivity contribution in [3.63, 3.8) is 0 Å². The number of carbonyl (C=O) groups is 3. The van der Waals surface area contributed by atoms with E-state index < -0.39 is 24.3 Å². The van der Waals surface area contributed by atoms with Gasteiger partial charge in [-0.2, -0.15) is 0 Å². The summed E-state index contributed by atoms with van der Waals surface area (Å²) in [6, 6.07) is 0. The van der Waals surface area contributed by atoms with Crippen molar-refractivity contribution in [3.05, 3.63) is 0 Å². The van der Waals surface area contributed by atoms with E-state index in [1.54, 1.807) is 0 Å². The van der Waals surface area contributed by atoms with Crippen LogP contribution in [-0.4, -0.2) is 42.5 Å². The fraction of sp³-hybridized carbons (Fsp3) is 0.500. The summed E-state index contributed by atoms with van der Waals surface area (Å²) in [5.74, 6) is -2.20. The molecule has 0 rings (SSSR count). The minimum absolute atomic E-state index is 0.111. The van der Waals surface area contributed by atoms with Crippen LogP contribution in [-0.2, 0) is 14.4 Å². The molecule has 0 saturated heterocycles. The topological polar surface area (TPSA) is 122 Å². The van der Waals surface area contributed by atoms with E-state index in [1.165, 1.54) is 0 Å². The van der Waals surface area contributed by atoms with Gasteiger partial charge < -0.3 is 16.2 Å². The molecular formula is C6H11N3O4. The summed E-state index contributed by atoms with van der Waals surface area (Å²) in [6.07, 6.45) is 0. The van der Waals surface area contributed by atoms with Crippen LogP contribution in [0.15, 0.2) is 0 Å². The average Bonchev–Trinajstić information content (AvgIpc) is 2.00. The summed E-state index contributed by atoms with van der Waals surface area (Å²) in [5, 5.41) is 12.7. The van der Waals surface area contributed by atoms with Crippen molar-refractivity contribution < 1.29 is 19.5 Å². The molecule has 0 aliphatic rings. The zero-order valence-corrected chi connectivity index (χ0v) is 6.87. The first-order valence-electron chi connectivity index (χ1n) is 3.50. The van der Waals surface area contributed by atoms with E-state index in [9.17, 15) is 14.4 Å². The van der Waals surface area contributed by atoms with Gasteiger partial charge in [0.15, 0.2) is 0 Å². The third kappa shape index (κ3) is 8.27. The van der Waals surface area contributed by atoms with Crippen LogP contribution in [0.3, 0.4) is 0 Å². The number of aliphatic carboxylic acids is 1. The Bertz CT molecular complexity index is 216. The first-order chi connectivity index (χ1) is 6.02. The smallest absolute Gasteiger partial charge is 0.322 e. The maximum atomic E-state index is 10.7. The van der Waals surface area contributed by atoms with Crippen molar-refractivity contribution in [1.29, 1.82) is 0 Å². The van der Waals surface area contributed by atoms with Crippen LogP contribution < -0.4 is 16.4 Å². The van der Waals surface area contributed by atoms with Crippen molar-refractivity contribution in [1.82, 2.24) is 10.6 Å². The Hall–Kier alpha value is -1.63. The molecular weight excluding hydrogens is 178 g/mol. The van der Waals surface area contributed by atoms with Gasteiger partial charge in [-0.05, 0) is 0 Å². The fourth-order valence-electron chi connectivity index (χ4n) is 0.536. The molecule has 0 saturated carbocycles. The highest BCUT2D eigenvalue weighted by Gasteiger charge is 2.03. The first-order valence-corrected chi connectivity index (χ1v) is 3.50. The lowest BCUT2D eigenvalue weighted by Crippen LogP contribution is -2.39. The zero-order chi connectivity index (χ0) is 10.3. The molecule has 0 atom stereocenters. The van der Waals surface area contributed by atoms with Gasteiger partial charge in [-0.15, -0.1) is 0 Å². The highest BCUT2D eigenvalue weighted by molar-refractivity contribution is 5.83. The molecule has 0 bridgehead atoms. The Morgan fingerprint density at radius 3 is 2.23 bits per heavy atom. The maximum Gasteiger partial charge on any atom is 0.322 e. The summed E-state index contributed by atoms with van der Waals surface area (Å²) in [5.41, 5.74) is 4.77. The number of rotatable bonds is 6. The Morgan fingerprint density at radius 2 is 1.77 bits per heavy atom. The van der Waals surface area contributed by atoms with Gasteiger partial charge in [0, 0.05) is 0 Å². The highest BCUT2D eigenvalue weighted by Crippen LogP contribution is 1.65. The molecule has 13 heavy (non-hydrogen) atoms. The van der Waals surface area contributed by atoms with E-state index in [4.69, 9.17) is 10.8 Å². The molecule has 5 N–H and O–H groups in total. The standard InChI is InChI=1S/C6H11N3O4/c7-4(10)1-8-2-5(11)9-3-6(12)13/h8H,1-3H2,(H2,7,10)(H,9,11)(H,12,13). The van der Waals surface area contributed by atoms with Gasteiger partial charge in [-0.3, -0.25) is 19.7 Å². The third-order valence-corrected chi connectivity index (χ3v) is 1.02. The monoisotopic (exact) mass is 189 g/mol. The number of amides is 2. The van der Waals surface area contributed by atoms with Crippen molar-refractivity contribution in [2.45, 2.75) is 0 Å². The molecule has 0 aliphatic heterocycles. The van der Waals surface area contributed by atoms with Crippen molar-refractivity contribution in [2.75, 3.05) is 19.6 Å². The summed E-state index contributed by atoms with van der Waals surface area (Å²) in [7, 11) is 0. The summed E-state index contributed by atoms with van der Waals surface area (Å²) >= 11 is 0. The van der Waals surface area contributed by atoms with Gasteiger partial charge in [0.05, 0.1) is 13.1 Å². The number of carboxylic acids is 1. The van der Waals surface area contributed by atoms with Crippen LogP contribution in [0, 0.1) is 0 Å². The number of carboxylic acid groups (broad SMARTS) is 1. The minimum Gasteiger partial charge on any atom is -0.480 e. The number of carbonyl (C=O) groups excluding carboxylic acids is 2. The van der Waals surface area contributed by atoms with Crippen molar-refractivity contribution >= 4 is 17.8 Å². The lowest BCUT2D eigenvalue weighted by Gasteiger charge is -2.02. The molecule has 0 spiro atoms. The van der Waals surface area contributed by atoms with E-state index in [0.29, 0.717) is 0 Å². The third-order valence-electron chi connectivity index (χ3n) is 1.02. The molecule has 0 fully saturated rings. The van der Waals surface area contributed by atoms with E-state index >= 15 is 0 Å². The van der Waals surface area contributed by atoms with Gasteiger partial charge in [0.2, 0.25) is 11.8 Å². The first kappa shape index (κ1) is 11.4. The molecule has 7 nitrogen and oxygen atoms in total. The summed E-state index contributed by atoms with van der Waals surface area (Å²) in [6.45, 7) is -0.673. The Balaban J connectivity index is 3.41. The van der Waals surface area contributed by atoms with Crippen LogP contribution in [0.5, 0.6) is 0 Å². The van der Waals surface area contributed by atoms with Crippen LogP contribution in [0.25, 0.3) is 0 Å². The SMILES string of the molecule is NC(=O)CNCC(=O)NCC(=O)O. The summed E-state index contributed by atoms with van der Waals surface area (Å²) in [4.78, 5) is 30.9. The number of nitrogens with one attached hydrogen (secondary N) is 2. The van der Waals surface area contributed by atoms with Gasteiger partial charge in [0.25, 0.3) is 0 Å². The van der Waals surface area contributed by atoms with Crippen LogP contribution >= 0.6 is 0 Å². The Morgan fingerprint density at radius 1 is 1.15 bits per heavy atom. The Labute approximate surface area is 74.3 Å². The highest BCUT2D eigenvalue weighted by atomic mass is 16.4. The number of nitrogens with two attached hydrogens (primary N) is 1. The van der Waals surface area contributed by atoms with Gasteiger partial charge >= 0.3 is 5.97 Å². The lowest BCUT2D eigenvalue weighted by molar-refractivity contribution is -0.137. The number of primary amides is 1. The number of hydrogen-bond donors (Lipinski definition) is 4. The molecule has 0 aromatic rings. The van der Waals surface area contributed by atoms with Crippen LogP contribution in [0.4, 0.5) is 0 Å². The van der Waals surface area contributed by atoms with E-state index in [-0.39, 0.29) is 13.1 Å². The van der Waals surface area contributed by atoms with Crippen molar-refractivity contribution in [2.24, 2.45) is 5.73 Å². The Kier molecular flexibility index (Phi) is 5.20. The second-order valence-corrected chi connectivity index (χ2v) is 2.24. The molecule has 0 unspecified atom stereocenters. The second kappa shape index (κ2) is 5.95. The van der Waals surface area contributed by atoms with E-state index in [0.717, 1.165) is 0 Å².